The molecule has 3 heteroatoms. The summed E-state index contributed by atoms with van der Waals surface area (Å²) < 4.78 is 0. The van der Waals surface area contributed by atoms with Gasteiger partial charge in [-0.25, -0.2) is 0 Å². The van der Waals surface area contributed by atoms with Crippen molar-refractivity contribution in [3.05, 3.63) is 65.2 Å². The summed E-state index contributed by atoms with van der Waals surface area (Å²) >= 11 is 0. The highest BCUT2D eigenvalue weighted by atomic mass is 15.2. The van der Waals surface area contributed by atoms with E-state index in [2.05, 4.69) is 71.0 Å². The fourth-order valence-electron chi connectivity index (χ4n) is 5.67. The van der Waals surface area contributed by atoms with Crippen LogP contribution in [0.15, 0.2) is 48.5 Å². The number of anilines is 3. The number of nitrogens with one attached hydrogen (secondary N) is 2. The Morgan fingerprint density at radius 1 is 1.07 bits per heavy atom. The second-order valence-corrected chi connectivity index (χ2v) is 8.75. The zero-order valence-electron chi connectivity index (χ0n) is 16.5. The molecule has 142 valence electrons. The molecule has 0 saturated carbocycles. The van der Waals surface area contributed by atoms with Crippen LogP contribution >= 0.6 is 0 Å². The van der Waals surface area contributed by atoms with Gasteiger partial charge in [0.2, 0.25) is 0 Å². The first-order valence-corrected chi connectivity index (χ1v) is 10.7. The van der Waals surface area contributed by atoms with Crippen LogP contribution in [-0.2, 0) is 6.42 Å². The molecule has 0 spiro atoms. The fourth-order valence-corrected chi connectivity index (χ4v) is 5.67. The van der Waals surface area contributed by atoms with E-state index in [4.69, 9.17) is 0 Å². The van der Waals surface area contributed by atoms with Gasteiger partial charge in [-0.3, -0.25) is 0 Å². The maximum absolute atomic E-state index is 3.82. The molecule has 1 fully saturated rings. The van der Waals surface area contributed by atoms with E-state index in [9.17, 15) is 0 Å². The van der Waals surface area contributed by atoms with Crippen molar-refractivity contribution in [2.75, 3.05) is 36.4 Å². The number of hydrogen-bond donors (Lipinski definition) is 2. The predicted molar refractivity (Wildman–Crippen MR) is 118 cm³/mol. The van der Waals surface area contributed by atoms with E-state index >= 15 is 0 Å². The van der Waals surface area contributed by atoms with Gasteiger partial charge in [0.25, 0.3) is 0 Å². The summed E-state index contributed by atoms with van der Waals surface area (Å²) in [5, 5.41) is 10.1. The summed E-state index contributed by atoms with van der Waals surface area (Å²) in [6.07, 6.45) is 2.47. The largest absolute Gasteiger partial charge is 0.371 e. The number of rotatable bonds is 2. The molecular formula is C25H27N3. The quantitative estimate of drug-likeness (QED) is 0.668. The number of aryl methyl sites for hydroxylation is 2. The van der Waals surface area contributed by atoms with E-state index in [1.807, 2.05) is 0 Å². The van der Waals surface area contributed by atoms with Gasteiger partial charge < -0.3 is 15.5 Å². The molecule has 0 unspecified atom stereocenters. The third-order valence-corrected chi connectivity index (χ3v) is 7.01. The van der Waals surface area contributed by atoms with Gasteiger partial charge in [-0.15, -0.1) is 0 Å². The Labute approximate surface area is 166 Å². The Balaban J connectivity index is 1.48. The minimum Gasteiger partial charge on any atom is -0.371 e. The minimum absolute atomic E-state index is 0.665. The van der Waals surface area contributed by atoms with Gasteiger partial charge in [0.1, 0.15) is 0 Å². The highest BCUT2D eigenvalue weighted by Crippen LogP contribution is 2.46. The molecule has 0 aromatic heterocycles. The van der Waals surface area contributed by atoms with Crippen molar-refractivity contribution in [1.82, 2.24) is 5.32 Å². The van der Waals surface area contributed by atoms with Crippen LogP contribution in [0, 0.1) is 12.8 Å². The molecule has 6 rings (SSSR count). The van der Waals surface area contributed by atoms with Crippen LogP contribution < -0.4 is 15.5 Å². The molecule has 3 nitrogen and oxygen atoms in total. The topological polar surface area (TPSA) is 27.3 Å². The van der Waals surface area contributed by atoms with E-state index < -0.39 is 0 Å². The zero-order valence-corrected chi connectivity index (χ0v) is 16.5. The molecule has 1 saturated heterocycles. The Morgan fingerprint density at radius 2 is 2.00 bits per heavy atom. The average molecular weight is 370 g/mol. The van der Waals surface area contributed by atoms with Crippen LogP contribution in [-0.4, -0.2) is 26.2 Å². The Kier molecular flexibility index (Phi) is 3.67. The predicted octanol–water partition coefficient (Wildman–Crippen LogP) is 4.96. The van der Waals surface area contributed by atoms with E-state index in [1.165, 1.54) is 59.2 Å². The van der Waals surface area contributed by atoms with Crippen LogP contribution in [0.3, 0.4) is 0 Å². The molecule has 0 bridgehead atoms. The first-order chi connectivity index (χ1) is 13.8. The first-order valence-electron chi connectivity index (χ1n) is 10.7. The maximum atomic E-state index is 3.82. The molecule has 3 heterocycles. The highest BCUT2D eigenvalue weighted by Gasteiger charge is 2.38. The third kappa shape index (κ3) is 2.46. The van der Waals surface area contributed by atoms with Crippen LogP contribution in [0.4, 0.5) is 17.1 Å². The van der Waals surface area contributed by atoms with Crippen molar-refractivity contribution < 1.29 is 0 Å². The standard InChI is InChI=1S/C25H27N3/c1-16-8-9-17-5-2-3-7-21(17)24(16)27-20-11-18-6-4-10-28-15-19-13-26-14-23(19)22(12-20)25(18)28/h2-3,5,7-9,11-12,19,23,26-27H,4,6,10,13-15H2,1H3/t19-,23-/m1/s1. The fraction of sp³-hybridized carbons (Fsp3) is 0.360. The summed E-state index contributed by atoms with van der Waals surface area (Å²) in [5.41, 5.74) is 8.45. The molecule has 2 atom stereocenters. The lowest BCUT2D eigenvalue weighted by molar-refractivity contribution is 0.470. The van der Waals surface area contributed by atoms with Crippen LogP contribution in [0.2, 0.25) is 0 Å². The molecule has 0 amide bonds. The lowest BCUT2D eigenvalue weighted by Gasteiger charge is -2.42. The normalized spacial score (nSPS) is 22.8. The van der Waals surface area contributed by atoms with Gasteiger partial charge in [-0.1, -0.05) is 36.4 Å². The van der Waals surface area contributed by atoms with Gasteiger partial charge in [0.15, 0.2) is 0 Å². The Morgan fingerprint density at radius 3 is 2.96 bits per heavy atom. The summed E-state index contributed by atoms with van der Waals surface area (Å²) in [6.45, 7) is 6.94. The van der Waals surface area contributed by atoms with Crippen molar-refractivity contribution in [3.63, 3.8) is 0 Å². The number of fused-ring (bicyclic) bond motifs is 3. The zero-order chi connectivity index (χ0) is 18.7. The summed E-state index contributed by atoms with van der Waals surface area (Å²) in [6, 6.07) is 18.0. The first kappa shape index (κ1) is 16.4. The van der Waals surface area contributed by atoms with Crippen LogP contribution in [0.25, 0.3) is 10.8 Å². The smallest absolute Gasteiger partial charge is 0.0493 e. The van der Waals surface area contributed by atoms with Gasteiger partial charge in [0, 0.05) is 54.5 Å². The Hall–Kier alpha value is -2.52. The Bertz CT molecular complexity index is 1070. The molecule has 3 aliphatic heterocycles. The van der Waals surface area contributed by atoms with E-state index in [0.717, 1.165) is 19.0 Å². The molecule has 3 aromatic carbocycles. The van der Waals surface area contributed by atoms with E-state index in [0.29, 0.717) is 5.92 Å². The van der Waals surface area contributed by atoms with Gasteiger partial charge in [-0.2, -0.15) is 0 Å². The summed E-state index contributed by atoms with van der Waals surface area (Å²) in [7, 11) is 0. The molecule has 0 radical (unpaired) electrons. The molecular weight excluding hydrogens is 342 g/mol. The minimum atomic E-state index is 0.665. The molecule has 0 aliphatic carbocycles. The number of benzene rings is 3. The van der Waals surface area contributed by atoms with Crippen molar-refractivity contribution >= 4 is 27.8 Å². The second-order valence-electron chi connectivity index (χ2n) is 8.75. The van der Waals surface area contributed by atoms with Crippen molar-refractivity contribution in [2.24, 2.45) is 5.92 Å². The maximum Gasteiger partial charge on any atom is 0.0493 e. The van der Waals surface area contributed by atoms with E-state index in [-0.39, 0.29) is 0 Å². The highest BCUT2D eigenvalue weighted by molar-refractivity contribution is 5.97. The summed E-state index contributed by atoms with van der Waals surface area (Å²) in [4.78, 5) is 2.66. The van der Waals surface area contributed by atoms with Crippen molar-refractivity contribution in [1.29, 1.82) is 0 Å². The summed E-state index contributed by atoms with van der Waals surface area (Å²) in [5.74, 6) is 1.42. The SMILES string of the molecule is Cc1ccc2ccccc2c1Nc1cc2c3c(c1)[C@@H]1CNC[C@@H]1CN3CCC2. The van der Waals surface area contributed by atoms with Gasteiger partial charge >= 0.3 is 0 Å². The third-order valence-electron chi connectivity index (χ3n) is 7.01. The lowest BCUT2D eigenvalue weighted by atomic mass is 9.80. The second kappa shape index (κ2) is 6.25. The molecule has 3 aliphatic rings. The number of hydrogen-bond acceptors (Lipinski definition) is 3. The molecule has 2 N–H and O–H groups in total. The van der Waals surface area contributed by atoms with Crippen LogP contribution in [0.5, 0.6) is 0 Å². The lowest BCUT2D eigenvalue weighted by Crippen LogP contribution is -2.41. The monoisotopic (exact) mass is 369 g/mol. The van der Waals surface area contributed by atoms with Crippen molar-refractivity contribution in [2.45, 2.75) is 25.7 Å². The molecule has 28 heavy (non-hydrogen) atoms. The molecule has 3 aromatic rings. The van der Waals surface area contributed by atoms with Gasteiger partial charge in [0.05, 0.1) is 0 Å². The van der Waals surface area contributed by atoms with Crippen LogP contribution in [0.1, 0.15) is 29.0 Å². The number of nitrogens with zero attached hydrogens (tertiary/aromatic N) is 1. The van der Waals surface area contributed by atoms with Crippen molar-refractivity contribution in [3.8, 4) is 0 Å². The average Bonchev–Trinajstić information content (AvgIpc) is 3.19. The van der Waals surface area contributed by atoms with E-state index in [1.54, 1.807) is 11.3 Å². The van der Waals surface area contributed by atoms with Gasteiger partial charge in [-0.05, 0) is 59.9 Å².